The smallest absolute Gasteiger partial charge is 0.342 e. The molecule has 25 heavy (non-hydrogen) atoms. The van der Waals surface area contributed by atoms with Crippen LogP contribution in [0.3, 0.4) is 0 Å². The molecule has 4 nitrogen and oxygen atoms in total. The highest BCUT2D eigenvalue weighted by molar-refractivity contribution is 14.2. The predicted molar refractivity (Wildman–Crippen MR) is 110 cm³/mol. The first kappa shape index (κ1) is 20.3. The second-order valence-corrected chi connectivity index (χ2v) is 8.47. The van der Waals surface area contributed by atoms with Crippen molar-refractivity contribution in [1.82, 2.24) is 0 Å². The number of cyclic esters (lactones) is 1. The highest BCUT2D eigenvalue weighted by Gasteiger charge is 2.31. The zero-order valence-electron chi connectivity index (χ0n) is 14.8. The molecule has 136 valence electrons. The van der Waals surface area contributed by atoms with E-state index in [9.17, 15) is 9.59 Å². The summed E-state index contributed by atoms with van der Waals surface area (Å²) in [5.74, 6) is 1.34. The summed E-state index contributed by atoms with van der Waals surface area (Å²) in [6, 6.07) is 0. The van der Waals surface area contributed by atoms with E-state index in [-0.39, 0.29) is 5.97 Å². The normalized spacial score (nSPS) is 13.6. The molecule has 1 aliphatic rings. The molecule has 1 heterocycles. The molecule has 0 amide bonds. The molecule has 0 saturated heterocycles. The van der Waals surface area contributed by atoms with Gasteiger partial charge in [-0.2, -0.15) is 0 Å². The van der Waals surface area contributed by atoms with Crippen LogP contribution in [0.2, 0.25) is 0 Å². The Labute approximate surface area is 165 Å². The molecule has 0 saturated carbocycles. The molecule has 0 bridgehead atoms. The summed E-state index contributed by atoms with van der Waals surface area (Å²) in [7, 11) is 1.74. The number of hydrogen-bond donors (Lipinski definition) is 0. The van der Waals surface area contributed by atoms with Gasteiger partial charge < -0.3 is 9.47 Å². The minimum absolute atomic E-state index is 0.309. The number of carbonyl (C=O) groups excluding carboxylic acids is 2. The van der Waals surface area contributed by atoms with Gasteiger partial charge in [0.1, 0.15) is 24.2 Å². The lowest BCUT2D eigenvalue weighted by Gasteiger charge is -2.20. The number of esters is 1. The first-order valence-corrected chi connectivity index (χ1v) is 11.9. The first-order valence-electron chi connectivity index (χ1n) is 8.37. The summed E-state index contributed by atoms with van der Waals surface area (Å²) in [5, 5.41) is 0. The maximum atomic E-state index is 12.3. The minimum atomic E-state index is -0.309. The summed E-state index contributed by atoms with van der Waals surface area (Å²) in [6.45, 7) is 6.80. The highest BCUT2D eigenvalue weighted by atomic mass is 127. The lowest BCUT2D eigenvalue weighted by Crippen LogP contribution is -2.11. The van der Waals surface area contributed by atoms with Gasteiger partial charge in [-0.05, 0) is 71.0 Å². The lowest BCUT2D eigenvalue weighted by atomic mass is 9.89. The summed E-state index contributed by atoms with van der Waals surface area (Å²) >= 11 is 2.27. The van der Waals surface area contributed by atoms with E-state index in [0.29, 0.717) is 36.5 Å². The molecule has 0 atom stereocenters. The molecule has 0 radical (unpaired) electrons. The fraction of sp³-hybridized carbons (Fsp3) is 0.474. The average molecular weight is 474 g/mol. The van der Waals surface area contributed by atoms with E-state index < -0.39 is 0 Å². The SMILES string of the molecule is CCc1c(C)c2c(c(OCCCSI)c1C/C=C(\C)C=O)C(=O)OC2. The van der Waals surface area contributed by atoms with E-state index in [0.717, 1.165) is 41.6 Å². The Hall–Kier alpha value is -1.02. The Kier molecular flexibility index (Phi) is 7.81. The van der Waals surface area contributed by atoms with Gasteiger partial charge in [0, 0.05) is 16.9 Å². The Balaban J connectivity index is 2.52. The van der Waals surface area contributed by atoms with Crippen LogP contribution < -0.4 is 4.74 Å². The van der Waals surface area contributed by atoms with Crippen molar-refractivity contribution < 1.29 is 19.1 Å². The maximum absolute atomic E-state index is 12.3. The third kappa shape index (κ3) is 4.58. The molecule has 0 spiro atoms. The number of hydrogen-bond acceptors (Lipinski definition) is 5. The van der Waals surface area contributed by atoms with E-state index >= 15 is 0 Å². The van der Waals surface area contributed by atoms with E-state index in [1.54, 1.807) is 15.9 Å². The standard InChI is InChI=1S/C19H23IO4S/c1-4-14-13(3)16-11-24-19(22)17(16)18(23-8-5-9-25-20)15(14)7-6-12(2)10-21/h6,10H,4-5,7-9,11H2,1-3H3/b12-6+. The quantitative estimate of drug-likeness (QED) is 0.170. The van der Waals surface area contributed by atoms with Crippen LogP contribution in [0.5, 0.6) is 5.75 Å². The molecule has 2 rings (SSSR count). The van der Waals surface area contributed by atoms with Gasteiger partial charge in [0.15, 0.2) is 0 Å². The van der Waals surface area contributed by atoms with Crippen LogP contribution >= 0.6 is 30.1 Å². The van der Waals surface area contributed by atoms with Crippen LogP contribution in [0.25, 0.3) is 0 Å². The van der Waals surface area contributed by atoms with E-state index in [4.69, 9.17) is 9.47 Å². The van der Waals surface area contributed by atoms with Gasteiger partial charge in [-0.15, -0.1) is 0 Å². The molecule has 1 aliphatic heterocycles. The summed E-state index contributed by atoms with van der Waals surface area (Å²) in [4.78, 5) is 23.2. The van der Waals surface area contributed by atoms with Crippen molar-refractivity contribution >= 4 is 42.4 Å². The van der Waals surface area contributed by atoms with E-state index in [1.807, 2.05) is 13.0 Å². The van der Waals surface area contributed by atoms with Gasteiger partial charge in [0.05, 0.1) is 6.61 Å². The molecule has 1 aromatic carbocycles. The van der Waals surface area contributed by atoms with Crippen molar-refractivity contribution in [2.45, 2.75) is 46.6 Å². The number of benzene rings is 1. The zero-order valence-corrected chi connectivity index (χ0v) is 17.8. The Morgan fingerprint density at radius 3 is 2.80 bits per heavy atom. The topological polar surface area (TPSA) is 52.6 Å². The number of fused-ring (bicyclic) bond motifs is 1. The van der Waals surface area contributed by atoms with Crippen molar-refractivity contribution in [2.75, 3.05) is 12.4 Å². The van der Waals surface area contributed by atoms with Crippen molar-refractivity contribution in [3.05, 3.63) is 39.5 Å². The number of halogens is 1. The monoisotopic (exact) mass is 474 g/mol. The first-order chi connectivity index (χ1) is 12.0. The number of ether oxygens (including phenoxy) is 2. The number of carbonyl (C=O) groups is 2. The van der Waals surface area contributed by atoms with Gasteiger partial charge in [0.2, 0.25) is 0 Å². The van der Waals surface area contributed by atoms with Gasteiger partial charge in [-0.25, -0.2) is 4.79 Å². The fourth-order valence-electron chi connectivity index (χ4n) is 3.08. The van der Waals surface area contributed by atoms with Crippen LogP contribution in [-0.4, -0.2) is 24.6 Å². The summed E-state index contributed by atoms with van der Waals surface area (Å²) in [6.07, 6.45) is 5.07. The molecule has 0 N–H and O–H groups in total. The molecule has 0 aromatic heterocycles. The van der Waals surface area contributed by atoms with Gasteiger partial charge in [-0.3, -0.25) is 4.79 Å². The van der Waals surface area contributed by atoms with Crippen LogP contribution in [-0.2, 0) is 29.0 Å². The molecular weight excluding hydrogens is 451 g/mol. The zero-order chi connectivity index (χ0) is 18.4. The van der Waals surface area contributed by atoms with Crippen molar-refractivity contribution in [2.24, 2.45) is 0 Å². The van der Waals surface area contributed by atoms with Crippen molar-refractivity contribution in [1.29, 1.82) is 0 Å². The lowest BCUT2D eigenvalue weighted by molar-refractivity contribution is -0.104. The van der Waals surface area contributed by atoms with Crippen LogP contribution in [0.4, 0.5) is 0 Å². The average Bonchev–Trinajstić information content (AvgIpc) is 3.00. The fourth-order valence-corrected chi connectivity index (χ4v) is 4.24. The Bertz CT molecular complexity index is 697. The third-order valence-electron chi connectivity index (χ3n) is 4.40. The third-order valence-corrected chi connectivity index (χ3v) is 6.17. The molecule has 0 aliphatic carbocycles. The number of allylic oxidation sites excluding steroid dienone is 2. The van der Waals surface area contributed by atoms with E-state index in [2.05, 4.69) is 28.1 Å². The number of rotatable bonds is 9. The molecule has 0 fully saturated rings. The largest absolute Gasteiger partial charge is 0.492 e. The maximum Gasteiger partial charge on any atom is 0.342 e. The van der Waals surface area contributed by atoms with E-state index in [1.165, 1.54) is 5.56 Å². The molecular formula is C19H23IO4S. The number of aldehydes is 1. The second kappa shape index (κ2) is 9.62. The Morgan fingerprint density at radius 2 is 2.16 bits per heavy atom. The van der Waals surface area contributed by atoms with Gasteiger partial charge >= 0.3 is 5.97 Å². The highest BCUT2D eigenvalue weighted by Crippen LogP contribution is 2.39. The second-order valence-electron chi connectivity index (χ2n) is 5.98. The summed E-state index contributed by atoms with van der Waals surface area (Å²) < 4.78 is 11.4. The van der Waals surface area contributed by atoms with Gasteiger partial charge in [0.25, 0.3) is 0 Å². The predicted octanol–water partition coefficient (Wildman–Crippen LogP) is 4.77. The molecule has 1 aromatic rings. The minimum Gasteiger partial charge on any atom is -0.492 e. The van der Waals surface area contributed by atoms with Gasteiger partial charge in [-0.1, -0.05) is 21.9 Å². The van der Waals surface area contributed by atoms with Crippen LogP contribution in [0, 0.1) is 6.92 Å². The van der Waals surface area contributed by atoms with Crippen LogP contribution in [0.15, 0.2) is 11.6 Å². The van der Waals surface area contributed by atoms with Crippen molar-refractivity contribution in [3.63, 3.8) is 0 Å². The Morgan fingerprint density at radius 1 is 1.40 bits per heavy atom. The van der Waals surface area contributed by atoms with Crippen LogP contribution in [0.1, 0.15) is 52.9 Å². The molecule has 0 unspecified atom stereocenters. The van der Waals surface area contributed by atoms with Crippen molar-refractivity contribution in [3.8, 4) is 5.75 Å². The summed E-state index contributed by atoms with van der Waals surface area (Å²) in [5.41, 5.74) is 5.48. The molecule has 6 heteroatoms.